The molecule has 0 saturated heterocycles. The number of aromatic amines is 1. The third-order valence-corrected chi connectivity index (χ3v) is 2.13. The number of nitrogens with one attached hydrogen (secondary N) is 1. The number of aromatic nitrogens is 2. The third kappa shape index (κ3) is 1.57. The van der Waals surface area contributed by atoms with E-state index in [-0.39, 0.29) is 6.04 Å². The maximum atomic E-state index is 5.51. The molecule has 1 aromatic heterocycles. The van der Waals surface area contributed by atoms with Gasteiger partial charge in [0.25, 0.3) is 0 Å². The molecule has 9 heavy (non-hydrogen) atoms. The van der Waals surface area contributed by atoms with Gasteiger partial charge in [0.2, 0.25) is 0 Å². The number of nitrogens with zero attached hydrogens (tertiary/aromatic N) is 1. The molecule has 3 N–H and O–H groups in total. The summed E-state index contributed by atoms with van der Waals surface area (Å²) in [4.78, 5) is 0. The second-order valence-electron chi connectivity index (χ2n) is 1.74. The molecule has 0 aliphatic heterocycles. The average Bonchev–Trinajstić information content (AvgIpc) is 2.14. The molecule has 0 spiro atoms. The first kappa shape index (κ1) is 6.85. The Labute approximate surface area is 61.9 Å². The highest BCUT2D eigenvalue weighted by Gasteiger charge is 2.01. The van der Waals surface area contributed by atoms with Crippen molar-refractivity contribution in [1.29, 1.82) is 0 Å². The van der Waals surface area contributed by atoms with E-state index in [1.165, 1.54) is 11.3 Å². The van der Waals surface area contributed by atoms with Gasteiger partial charge in [0.15, 0.2) is 3.95 Å². The maximum absolute atomic E-state index is 5.51. The molecular formula is C4H7N3S2. The number of nitrogens with two attached hydrogens (primary N) is 1. The molecule has 0 fully saturated rings. The molecule has 1 heterocycles. The van der Waals surface area contributed by atoms with Crippen LogP contribution in [0.3, 0.4) is 0 Å². The first-order valence-electron chi connectivity index (χ1n) is 2.51. The summed E-state index contributed by atoms with van der Waals surface area (Å²) < 4.78 is 0.683. The van der Waals surface area contributed by atoms with Gasteiger partial charge < -0.3 is 5.73 Å². The summed E-state index contributed by atoms with van der Waals surface area (Å²) in [6.45, 7) is 1.88. The van der Waals surface area contributed by atoms with Crippen LogP contribution in [-0.4, -0.2) is 10.2 Å². The molecule has 0 saturated carbocycles. The van der Waals surface area contributed by atoms with Gasteiger partial charge in [0.05, 0.1) is 6.04 Å². The second kappa shape index (κ2) is 2.55. The molecule has 50 valence electrons. The van der Waals surface area contributed by atoms with Crippen molar-refractivity contribution in [3.05, 3.63) is 8.96 Å². The van der Waals surface area contributed by atoms with Crippen molar-refractivity contribution in [2.75, 3.05) is 0 Å². The van der Waals surface area contributed by atoms with Gasteiger partial charge in [-0.1, -0.05) is 11.3 Å². The molecule has 0 amide bonds. The Kier molecular flexibility index (Phi) is 1.94. The lowest BCUT2D eigenvalue weighted by atomic mass is 10.4. The van der Waals surface area contributed by atoms with Gasteiger partial charge in [-0.15, -0.1) is 0 Å². The predicted molar refractivity (Wildman–Crippen MR) is 39.9 cm³/mol. The molecule has 1 atom stereocenters. The monoisotopic (exact) mass is 161 g/mol. The van der Waals surface area contributed by atoms with Crippen molar-refractivity contribution in [1.82, 2.24) is 10.2 Å². The zero-order valence-corrected chi connectivity index (χ0v) is 6.55. The van der Waals surface area contributed by atoms with Gasteiger partial charge in [-0.3, -0.25) is 5.10 Å². The van der Waals surface area contributed by atoms with Crippen molar-refractivity contribution in [2.45, 2.75) is 13.0 Å². The highest BCUT2D eigenvalue weighted by atomic mass is 32.1. The summed E-state index contributed by atoms with van der Waals surface area (Å²) in [6.07, 6.45) is 0. The fourth-order valence-electron chi connectivity index (χ4n) is 0.436. The Bertz CT molecular complexity index is 236. The van der Waals surface area contributed by atoms with Crippen molar-refractivity contribution < 1.29 is 0 Å². The molecule has 5 heteroatoms. The van der Waals surface area contributed by atoms with Crippen molar-refractivity contribution in [3.63, 3.8) is 0 Å². The van der Waals surface area contributed by atoms with Crippen LogP contribution in [0.15, 0.2) is 0 Å². The predicted octanol–water partition coefficient (Wildman–Crippen LogP) is 1.22. The SMILES string of the molecule is CC(N)c1n[nH]c(=S)s1. The van der Waals surface area contributed by atoms with Gasteiger partial charge in [0, 0.05) is 0 Å². The minimum absolute atomic E-state index is 0.0112. The molecule has 1 rings (SSSR count). The Balaban J connectivity index is 2.98. The highest BCUT2D eigenvalue weighted by Crippen LogP contribution is 2.11. The Hall–Kier alpha value is -0.260. The highest BCUT2D eigenvalue weighted by molar-refractivity contribution is 7.73. The number of H-pyrrole nitrogens is 1. The molecule has 1 aromatic rings. The summed E-state index contributed by atoms with van der Waals surface area (Å²) in [7, 11) is 0. The molecule has 0 bridgehead atoms. The molecule has 0 aromatic carbocycles. The van der Waals surface area contributed by atoms with E-state index >= 15 is 0 Å². The molecule has 0 aliphatic rings. The lowest BCUT2D eigenvalue weighted by molar-refractivity contribution is 0.785. The van der Waals surface area contributed by atoms with Gasteiger partial charge in [-0.25, -0.2) is 0 Å². The lowest BCUT2D eigenvalue weighted by Crippen LogP contribution is -2.03. The zero-order chi connectivity index (χ0) is 6.85. The van der Waals surface area contributed by atoms with Crippen LogP contribution >= 0.6 is 23.6 Å². The molecule has 0 aliphatic carbocycles. The smallest absolute Gasteiger partial charge is 0.176 e. The van der Waals surface area contributed by atoms with Gasteiger partial charge >= 0.3 is 0 Å². The van der Waals surface area contributed by atoms with Gasteiger partial charge in [-0.2, -0.15) is 5.10 Å². The minimum atomic E-state index is -0.0112. The lowest BCUT2D eigenvalue weighted by Gasteiger charge is -1.93. The molecule has 1 unspecified atom stereocenters. The molecule has 0 radical (unpaired) electrons. The van der Waals surface area contributed by atoms with Crippen LogP contribution < -0.4 is 5.73 Å². The summed E-state index contributed by atoms with van der Waals surface area (Å²) in [5, 5.41) is 7.39. The fourth-order valence-corrected chi connectivity index (χ4v) is 1.30. The Morgan fingerprint density at radius 1 is 1.89 bits per heavy atom. The van der Waals surface area contributed by atoms with E-state index in [0.29, 0.717) is 3.95 Å². The van der Waals surface area contributed by atoms with Crippen LogP contribution in [0.5, 0.6) is 0 Å². The van der Waals surface area contributed by atoms with Crippen molar-refractivity contribution in [3.8, 4) is 0 Å². The summed E-state index contributed by atoms with van der Waals surface area (Å²) in [5.74, 6) is 0. The van der Waals surface area contributed by atoms with Crippen LogP contribution in [0, 0.1) is 3.95 Å². The van der Waals surface area contributed by atoms with E-state index < -0.39 is 0 Å². The van der Waals surface area contributed by atoms with E-state index in [0.717, 1.165) is 5.01 Å². The average molecular weight is 161 g/mol. The van der Waals surface area contributed by atoms with E-state index in [4.69, 9.17) is 18.0 Å². The van der Waals surface area contributed by atoms with Crippen LogP contribution in [0.4, 0.5) is 0 Å². The van der Waals surface area contributed by atoms with E-state index in [1.54, 1.807) is 0 Å². The van der Waals surface area contributed by atoms with Crippen molar-refractivity contribution >= 4 is 23.6 Å². The van der Waals surface area contributed by atoms with E-state index in [9.17, 15) is 0 Å². The normalized spacial score (nSPS) is 13.6. The maximum Gasteiger partial charge on any atom is 0.176 e. The number of hydrogen-bond donors (Lipinski definition) is 2. The minimum Gasteiger partial charge on any atom is -0.322 e. The first-order valence-corrected chi connectivity index (χ1v) is 3.73. The quantitative estimate of drug-likeness (QED) is 0.609. The van der Waals surface area contributed by atoms with E-state index in [1.807, 2.05) is 6.92 Å². The first-order chi connectivity index (χ1) is 4.20. The molecule has 3 nitrogen and oxygen atoms in total. The Morgan fingerprint density at radius 2 is 2.56 bits per heavy atom. The zero-order valence-electron chi connectivity index (χ0n) is 4.92. The summed E-state index contributed by atoms with van der Waals surface area (Å²) >= 11 is 6.22. The van der Waals surface area contributed by atoms with Gasteiger partial charge in [0.1, 0.15) is 5.01 Å². The standard InChI is InChI=1S/C4H7N3S2/c1-2(5)3-6-7-4(8)9-3/h2H,5H2,1H3,(H,7,8). The number of rotatable bonds is 1. The fraction of sp³-hybridized carbons (Fsp3) is 0.500. The summed E-state index contributed by atoms with van der Waals surface area (Å²) in [6, 6.07) is -0.0112. The van der Waals surface area contributed by atoms with Gasteiger partial charge in [-0.05, 0) is 19.1 Å². The Morgan fingerprint density at radius 3 is 2.78 bits per heavy atom. The largest absolute Gasteiger partial charge is 0.322 e. The van der Waals surface area contributed by atoms with E-state index in [2.05, 4.69) is 10.2 Å². The second-order valence-corrected chi connectivity index (χ2v) is 3.44. The van der Waals surface area contributed by atoms with Crippen LogP contribution in [0.1, 0.15) is 18.0 Å². The molecular weight excluding hydrogens is 154 g/mol. The van der Waals surface area contributed by atoms with Crippen LogP contribution in [0.2, 0.25) is 0 Å². The topological polar surface area (TPSA) is 54.7 Å². The summed E-state index contributed by atoms with van der Waals surface area (Å²) in [5.41, 5.74) is 5.51. The van der Waals surface area contributed by atoms with Crippen LogP contribution in [0.25, 0.3) is 0 Å². The third-order valence-electron chi connectivity index (χ3n) is 0.844. The van der Waals surface area contributed by atoms with Crippen LogP contribution in [-0.2, 0) is 0 Å². The van der Waals surface area contributed by atoms with Crippen molar-refractivity contribution in [2.24, 2.45) is 5.73 Å². The number of hydrogen-bond acceptors (Lipinski definition) is 4.